The number of hydrogen-bond acceptors (Lipinski definition) is 3. The maximum absolute atomic E-state index is 4.37. The van der Waals surface area contributed by atoms with E-state index in [0.29, 0.717) is 0 Å². The summed E-state index contributed by atoms with van der Waals surface area (Å²) in [6, 6.07) is 8.43. The van der Waals surface area contributed by atoms with Gasteiger partial charge in [-0.1, -0.05) is 31.2 Å². The average Bonchev–Trinajstić information content (AvgIpc) is 3.01. The fourth-order valence-corrected chi connectivity index (χ4v) is 2.53. The molecule has 0 spiro atoms. The standard InChI is InChI=1S/C17H26N6.HI/c1-5-16-21-20-13-23(16)11-10-19-17(18-3)22(4)12-15-9-7-6-8-14(15)2;/h6-9,13H,5,10-12H2,1-4H3,(H,18,19);1H. The van der Waals surface area contributed by atoms with Gasteiger partial charge in [0.25, 0.3) is 0 Å². The van der Waals surface area contributed by atoms with Gasteiger partial charge in [-0.2, -0.15) is 0 Å². The van der Waals surface area contributed by atoms with Crippen LogP contribution in [0.5, 0.6) is 0 Å². The molecule has 0 aliphatic carbocycles. The van der Waals surface area contributed by atoms with Crippen LogP contribution < -0.4 is 5.32 Å². The Bertz CT molecular complexity index is 652. The van der Waals surface area contributed by atoms with E-state index < -0.39 is 0 Å². The summed E-state index contributed by atoms with van der Waals surface area (Å²) in [6.07, 6.45) is 2.67. The first-order valence-corrected chi connectivity index (χ1v) is 7.98. The Kier molecular flexibility index (Phi) is 8.73. The number of halogens is 1. The summed E-state index contributed by atoms with van der Waals surface area (Å²) in [4.78, 5) is 6.50. The molecule has 0 saturated heterocycles. The lowest BCUT2D eigenvalue weighted by Crippen LogP contribution is -2.40. The minimum Gasteiger partial charge on any atom is -0.354 e. The highest BCUT2D eigenvalue weighted by Gasteiger charge is 2.08. The zero-order valence-electron chi connectivity index (χ0n) is 14.9. The van der Waals surface area contributed by atoms with Gasteiger partial charge in [0.05, 0.1) is 0 Å². The Labute approximate surface area is 161 Å². The molecular weight excluding hydrogens is 415 g/mol. The molecule has 0 saturated carbocycles. The van der Waals surface area contributed by atoms with Gasteiger partial charge in [0.2, 0.25) is 0 Å². The Balaban J connectivity index is 0.00000288. The fraction of sp³-hybridized carbons (Fsp3) is 0.471. The summed E-state index contributed by atoms with van der Waals surface area (Å²) in [5.74, 6) is 1.90. The van der Waals surface area contributed by atoms with E-state index in [1.807, 2.05) is 7.05 Å². The van der Waals surface area contributed by atoms with Crippen molar-refractivity contribution < 1.29 is 0 Å². The van der Waals surface area contributed by atoms with Crippen LogP contribution in [-0.2, 0) is 19.5 Å². The first-order chi connectivity index (χ1) is 11.2. The maximum Gasteiger partial charge on any atom is 0.193 e. The average molecular weight is 442 g/mol. The van der Waals surface area contributed by atoms with Crippen LogP contribution in [0.4, 0.5) is 0 Å². The molecule has 0 unspecified atom stereocenters. The second-order valence-electron chi connectivity index (χ2n) is 5.55. The first kappa shape index (κ1) is 20.4. The Morgan fingerprint density at radius 1 is 1.33 bits per heavy atom. The molecule has 1 aromatic heterocycles. The highest BCUT2D eigenvalue weighted by molar-refractivity contribution is 14.0. The van der Waals surface area contributed by atoms with Gasteiger partial charge < -0.3 is 14.8 Å². The molecule has 0 radical (unpaired) electrons. The molecule has 1 N–H and O–H groups in total. The molecule has 0 aliphatic heterocycles. The summed E-state index contributed by atoms with van der Waals surface area (Å²) >= 11 is 0. The largest absolute Gasteiger partial charge is 0.354 e. The van der Waals surface area contributed by atoms with Crippen molar-refractivity contribution in [3.8, 4) is 0 Å². The lowest BCUT2D eigenvalue weighted by atomic mass is 10.1. The van der Waals surface area contributed by atoms with Crippen molar-refractivity contribution >= 4 is 29.9 Å². The molecule has 1 aromatic carbocycles. The SMILES string of the molecule is CCc1nncn1CCNC(=NC)N(C)Cc1ccccc1C.I. The summed E-state index contributed by atoms with van der Waals surface area (Å²) in [5, 5.41) is 11.5. The van der Waals surface area contributed by atoms with E-state index in [9.17, 15) is 0 Å². The Morgan fingerprint density at radius 2 is 2.08 bits per heavy atom. The van der Waals surface area contributed by atoms with E-state index in [1.54, 1.807) is 6.33 Å². The zero-order chi connectivity index (χ0) is 16.7. The predicted molar refractivity (Wildman–Crippen MR) is 109 cm³/mol. The number of benzene rings is 1. The van der Waals surface area contributed by atoms with Crippen LogP contribution in [0.1, 0.15) is 23.9 Å². The number of nitrogens with one attached hydrogen (secondary N) is 1. The third-order valence-electron chi connectivity index (χ3n) is 3.89. The van der Waals surface area contributed by atoms with Crippen molar-refractivity contribution in [1.29, 1.82) is 0 Å². The van der Waals surface area contributed by atoms with Gasteiger partial charge in [0, 0.05) is 40.2 Å². The molecule has 0 atom stereocenters. The molecule has 24 heavy (non-hydrogen) atoms. The van der Waals surface area contributed by atoms with Crippen molar-refractivity contribution in [2.75, 3.05) is 20.6 Å². The number of aryl methyl sites for hydroxylation is 2. The van der Waals surface area contributed by atoms with Crippen LogP contribution in [0.25, 0.3) is 0 Å². The van der Waals surface area contributed by atoms with Crippen LogP contribution in [0.3, 0.4) is 0 Å². The number of hydrogen-bond donors (Lipinski definition) is 1. The minimum atomic E-state index is 0. The predicted octanol–water partition coefficient (Wildman–Crippen LogP) is 2.47. The van der Waals surface area contributed by atoms with E-state index in [4.69, 9.17) is 0 Å². The molecular formula is C17H27IN6. The molecule has 6 nitrogen and oxygen atoms in total. The zero-order valence-corrected chi connectivity index (χ0v) is 17.2. The molecule has 1 heterocycles. The Morgan fingerprint density at radius 3 is 2.75 bits per heavy atom. The molecule has 7 heteroatoms. The van der Waals surface area contributed by atoms with Crippen LogP contribution in [0.2, 0.25) is 0 Å². The van der Waals surface area contributed by atoms with Crippen LogP contribution in [-0.4, -0.2) is 46.3 Å². The van der Waals surface area contributed by atoms with Crippen LogP contribution in [0, 0.1) is 6.92 Å². The third-order valence-corrected chi connectivity index (χ3v) is 3.89. The molecule has 132 valence electrons. The summed E-state index contributed by atoms with van der Waals surface area (Å²) in [6.45, 7) is 6.67. The van der Waals surface area contributed by atoms with Crippen molar-refractivity contribution in [3.05, 3.63) is 47.5 Å². The summed E-state index contributed by atoms with van der Waals surface area (Å²) in [7, 11) is 3.87. The van der Waals surface area contributed by atoms with E-state index in [2.05, 4.69) is 75.1 Å². The van der Waals surface area contributed by atoms with Crippen molar-refractivity contribution in [2.24, 2.45) is 4.99 Å². The number of nitrogens with zero attached hydrogens (tertiary/aromatic N) is 5. The van der Waals surface area contributed by atoms with Gasteiger partial charge >= 0.3 is 0 Å². The molecule has 2 rings (SSSR count). The van der Waals surface area contributed by atoms with Gasteiger partial charge in [-0.25, -0.2) is 0 Å². The van der Waals surface area contributed by atoms with Gasteiger partial charge in [0.15, 0.2) is 5.96 Å². The van der Waals surface area contributed by atoms with Gasteiger partial charge in [-0.05, 0) is 18.1 Å². The van der Waals surface area contributed by atoms with Crippen molar-refractivity contribution in [2.45, 2.75) is 33.4 Å². The first-order valence-electron chi connectivity index (χ1n) is 7.98. The van der Waals surface area contributed by atoms with Crippen molar-refractivity contribution in [3.63, 3.8) is 0 Å². The Hall–Kier alpha value is -1.64. The van der Waals surface area contributed by atoms with Crippen LogP contribution >= 0.6 is 24.0 Å². The second kappa shape index (κ2) is 10.3. The van der Waals surface area contributed by atoms with Crippen molar-refractivity contribution in [1.82, 2.24) is 25.0 Å². The van der Waals surface area contributed by atoms with E-state index in [0.717, 1.165) is 37.8 Å². The number of aliphatic imine (C=N–C) groups is 1. The lowest BCUT2D eigenvalue weighted by molar-refractivity contribution is 0.471. The molecule has 0 aliphatic rings. The van der Waals surface area contributed by atoms with E-state index >= 15 is 0 Å². The maximum atomic E-state index is 4.37. The lowest BCUT2D eigenvalue weighted by Gasteiger charge is -2.23. The van der Waals surface area contributed by atoms with Crippen LogP contribution in [0.15, 0.2) is 35.6 Å². The van der Waals surface area contributed by atoms with E-state index in [-0.39, 0.29) is 24.0 Å². The second-order valence-corrected chi connectivity index (χ2v) is 5.55. The molecule has 2 aromatic rings. The molecule has 0 bridgehead atoms. The minimum absolute atomic E-state index is 0. The summed E-state index contributed by atoms with van der Waals surface area (Å²) < 4.78 is 2.07. The normalized spacial score (nSPS) is 11.1. The monoisotopic (exact) mass is 442 g/mol. The highest BCUT2D eigenvalue weighted by atomic mass is 127. The quantitative estimate of drug-likeness (QED) is 0.424. The van der Waals surface area contributed by atoms with Gasteiger partial charge in [-0.15, -0.1) is 34.2 Å². The van der Waals surface area contributed by atoms with Gasteiger partial charge in [-0.3, -0.25) is 4.99 Å². The molecule has 0 amide bonds. The van der Waals surface area contributed by atoms with E-state index in [1.165, 1.54) is 11.1 Å². The molecule has 0 fully saturated rings. The topological polar surface area (TPSA) is 58.3 Å². The summed E-state index contributed by atoms with van der Waals surface area (Å²) in [5.41, 5.74) is 2.61. The number of aromatic nitrogens is 3. The third kappa shape index (κ3) is 5.47. The van der Waals surface area contributed by atoms with Gasteiger partial charge in [0.1, 0.15) is 12.2 Å². The highest BCUT2D eigenvalue weighted by Crippen LogP contribution is 2.09. The fourth-order valence-electron chi connectivity index (χ4n) is 2.53. The number of rotatable bonds is 6. The smallest absolute Gasteiger partial charge is 0.193 e. The number of guanidine groups is 1.